The third-order valence-electron chi connectivity index (χ3n) is 3.37. The highest BCUT2D eigenvalue weighted by atomic mass is 16.5. The molecule has 4 heteroatoms. The summed E-state index contributed by atoms with van der Waals surface area (Å²) in [5.41, 5.74) is 3.72. The van der Waals surface area contributed by atoms with E-state index in [2.05, 4.69) is 22.8 Å². The predicted molar refractivity (Wildman–Crippen MR) is 71.6 cm³/mol. The summed E-state index contributed by atoms with van der Waals surface area (Å²) >= 11 is 0. The molecule has 1 amide bonds. The van der Waals surface area contributed by atoms with Crippen LogP contribution in [0.3, 0.4) is 0 Å². The summed E-state index contributed by atoms with van der Waals surface area (Å²) in [5.74, 6) is -0.0705. The number of methoxy groups -OCH3 is 1. The molecular formula is C14H20N2O2. The lowest BCUT2D eigenvalue weighted by molar-refractivity contribution is -0.130. The minimum absolute atomic E-state index is 0.0705. The molecule has 1 aliphatic heterocycles. The van der Waals surface area contributed by atoms with Gasteiger partial charge in [-0.3, -0.25) is 4.79 Å². The van der Waals surface area contributed by atoms with E-state index in [1.54, 1.807) is 14.0 Å². The smallest absolute Gasteiger partial charge is 0.249 e. The average Bonchev–Trinajstić information content (AvgIpc) is 2.43. The number of carbonyl (C=O) groups excluding carboxylic acids is 1. The quantitative estimate of drug-likeness (QED) is 0.852. The number of nitrogens with one attached hydrogen (secondary N) is 2. The van der Waals surface area contributed by atoms with Crippen LogP contribution >= 0.6 is 0 Å². The molecule has 0 saturated carbocycles. The van der Waals surface area contributed by atoms with E-state index >= 15 is 0 Å². The fourth-order valence-corrected chi connectivity index (χ4v) is 2.18. The first kappa shape index (κ1) is 12.9. The first-order valence-electron chi connectivity index (χ1n) is 6.37. The molecule has 1 atom stereocenters. The molecule has 0 spiro atoms. The number of amides is 1. The SMILES string of the molecule is COC(C)C(=O)NCc1cccc2c1CCCN2. The molecule has 1 aliphatic rings. The number of carbonyl (C=O) groups is 1. The standard InChI is InChI=1S/C14H20N2O2/c1-10(18-2)14(17)16-9-11-5-3-7-13-12(11)6-4-8-15-13/h3,5,7,10,15H,4,6,8-9H2,1-2H3,(H,16,17). The lowest BCUT2D eigenvalue weighted by Gasteiger charge is -2.21. The van der Waals surface area contributed by atoms with E-state index in [0.29, 0.717) is 6.54 Å². The van der Waals surface area contributed by atoms with Gasteiger partial charge in [0.2, 0.25) is 5.91 Å². The Balaban J connectivity index is 2.03. The van der Waals surface area contributed by atoms with Crippen molar-refractivity contribution in [2.45, 2.75) is 32.4 Å². The van der Waals surface area contributed by atoms with Crippen molar-refractivity contribution >= 4 is 11.6 Å². The Morgan fingerprint density at radius 2 is 2.39 bits per heavy atom. The van der Waals surface area contributed by atoms with Gasteiger partial charge in [0.1, 0.15) is 6.10 Å². The van der Waals surface area contributed by atoms with Gasteiger partial charge in [-0.25, -0.2) is 0 Å². The minimum atomic E-state index is -0.400. The zero-order valence-corrected chi connectivity index (χ0v) is 11.0. The van der Waals surface area contributed by atoms with Crippen molar-refractivity contribution in [3.63, 3.8) is 0 Å². The molecule has 0 saturated heterocycles. The molecule has 0 bridgehead atoms. The highest BCUT2D eigenvalue weighted by Gasteiger charge is 2.14. The Kier molecular flexibility index (Phi) is 4.20. The number of hydrogen-bond donors (Lipinski definition) is 2. The van der Waals surface area contributed by atoms with Crippen LogP contribution in [0, 0.1) is 0 Å². The van der Waals surface area contributed by atoms with Crippen LogP contribution in [0.2, 0.25) is 0 Å². The number of hydrogen-bond acceptors (Lipinski definition) is 3. The van der Waals surface area contributed by atoms with Crippen LogP contribution in [0.4, 0.5) is 5.69 Å². The van der Waals surface area contributed by atoms with E-state index < -0.39 is 6.10 Å². The zero-order valence-electron chi connectivity index (χ0n) is 11.0. The molecule has 18 heavy (non-hydrogen) atoms. The molecule has 1 aromatic carbocycles. The number of anilines is 1. The molecular weight excluding hydrogens is 228 g/mol. The normalized spacial score (nSPS) is 15.4. The Bertz CT molecular complexity index is 432. The molecule has 2 N–H and O–H groups in total. The molecule has 2 rings (SSSR count). The van der Waals surface area contributed by atoms with E-state index in [9.17, 15) is 4.79 Å². The van der Waals surface area contributed by atoms with Gasteiger partial charge in [0.15, 0.2) is 0 Å². The summed E-state index contributed by atoms with van der Waals surface area (Å²) in [5, 5.41) is 6.30. The van der Waals surface area contributed by atoms with Gasteiger partial charge < -0.3 is 15.4 Å². The number of fused-ring (bicyclic) bond motifs is 1. The van der Waals surface area contributed by atoms with Crippen LogP contribution < -0.4 is 10.6 Å². The van der Waals surface area contributed by atoms with Crippen LogP contribution in [0.1, 0.15) is 24.5 Å². The fraction of sp³-hybridized carbons (Fsp3) is 0.500. The Morgan fingerprint density at radius 1 is 1.56 bits per heavy atom. The molecule has 4 nitrogen and oxygen atoms in total. The molecule has 0 aromatic heterocycles. The average molecular weight is 248 g/mol. The van der Waals surface area contributed by atoms with Crippen molar-refractivity contribution < 1.29 is 9.53 Å². The van der Waals surface area contributed by atoms with E-state index in [-0.39, 0.29) is 5.91 Å². The third kappa shape index (κ3) is 2.82. The second-order valence-electron chi connectivity index (χ2n) is 4.57. The third-order valence-corrected chi connectivity index (χ3v) is 3.37. The summed E-state index contributed by atoms with van der Waals surface area (Å²) in [4.78, 5) is 11.7. The van der Waals surface area contributed by atoms with Crippen molar-refractivity contribution in [3.8, 4) is 0 Å². The van der Waals surface area contributed by atoms with Gasteiger partial charge in [-0.2, -0.15) is 0 Å². The number of benzene rings is 1. The second kappa shape index (κ2) is 5.87. The highest BCUT2D eigenvalue weighted by molar-refractivity contribution is 5.80. The van der Waals surface area contributed by atoms with Gasteiger partial charge in [-0.05, 0) is 37.0 Å². The molecule has 0 aliphatic carbocycles. The Morgan fingerprint density at radius 3 is 3.17 bits per heavy atom. The van der Waals surface area contributed by atoms with Crippen LogP contribution in [0.15, 0.2) is 18.2 Å². The zero-order chi connectivity index (χ0) is 13.0. The summed E-state index contributed by atoms with van der Waals surface area (Å²) in [6.45, 7) is 3.35. The van der Waals surface area contributed by atoms with Gasteiger partial charge in [-0.15, -0.1) is 0 Å². The van der Waals surface area contributed by atoms with E-state index in [4.69, 9.17) is 4.74 Å². The first-order chi connectivity index (χ1) is 8.72. The Labute approximate surface area is 108 Å². The maximum absolute atomic E-state index is 11.7. The molecule has 98 valence electrons. The molecule has 1 unspecified atom stereocenters. The van der Waals surface area contributed by atoms with Crippen LogP contribution in [0.5, 0.6) is 0 Å². The van der Waals surface area contributed by atoms with Gasteiger partial charge in [-0.1, -0.05) is 12.1 Å². The van der Waals surface area contributed by atoms with E-state index in [1.165, 1.54) is 16.8 Å². The topological polar surface area (TPSA) is 50.4 Å². The lowest BCUT2D eigenvalue weighted by Crippen LogP contribution is -2.33. The first-order valence-corrected chi connectivity index (χ1v) is 6.37. The Hall–Kier alpha value is -1.55. The molecule has 0 radical (unpaired) electrons. The maximum atomic E-state index is 11.7. The van der Waals surface area contributed by atoms with Crippen LogP contribution in [-0.2, 0) is 22.5 Å². The maximum Gasteiger partial charge on any atom is 0.249 e. The van der Waals surface area contributed by atoms with Gasteiger partial charge in [0, 0.05) is 25.9 Å². The van der Waals surface area contributed by atoms with Crippen molar-refractivity contribution in [2.24, 2.45) is 0 Å². The second-order valence-corrected chi connectivity index (χ2v) is 4.57. The summed E-state index contributed by atoms with van der Waals surface area (Å²) < 4.78 is 4.99. The molecule has 1 heterocycles. The fourth-order valence-electron chi connectivity index (χ4n) is 2.18. The van der Waals surface area contributed by atoms with E-state index in [1.807, 2.05) is 6.07 Å². The van der Waals surface area contributed by atoms with Gasteiger partial charge >= 0.3 is 0 Å². The van der Waals surface area contributed by atoms with Crippen LogP contribution in [0.25, 0.3) is 0 Å². The molecule has 1 aromatic rings. The highest BCUT2D eigenvalue weighted by Crippen LogP contribution is 2.25. The predicted octanol–water partition coefficient (Wildman–Crippen LogP) is 1.70. The van der Waals surface area contributed by atoms with E-state index in [0.717, 1.165) is 19.4 Å². The monoisotopic (exact) mass is 248 g/mol. The number of ether oxygens (including phenoxy) is 1. The largest absolute Gasteiger partial charge is 0.385 e. The van der Waals surface area contributed by atoms with Gasteiger partial charge in [0.05, 0.1) is 0 Å². The van der Waals surface area contributed by atoms with Gasteiger partial charge in [0.25, 0.3) is 0 Å². The van der Waals surface area contributed by atoms with Crippen molar-refractivity contribution in [2.75, 3.05) is 19.0 Å². The van der Waals surface area contributed by atoms with Crippen molar-refractivity contribution in [1.29, 1.82) is 0 Å². The lowest BCUT2D eigenvalue weighted by atomic mass is 9.97. The van der Waals surface area contributed by atoms with Crippen LogP contribution in [-0.4, -0.2) is 25.7 Å². The number of rotatable bonds is 4. The summed E-state index contributed by atoms with van der Waals surface area (Å²) in [7, 11) is 1.54. The minimum Gasteiger partial charge on any atom is -0.385 e. The molecule has 0 fully saturated rings. The van der Waals surface area contributed by atoms with Crippen molar-refractivity contribution in [3.05, 3.63) is 29.3 Å². The summed E-state index contributed by atoms with van der Waals surface area (Å²) in [6.07, 6.45) is 1.82. The van der Waals surface area contributed by atoms with Crippen molar-refractivity contribution in [1.82, 2.24) is 5.32 Å². The summed E-state index contributed by atoms with van der Waals surface area (Å²) in [6, 6.07) is 6.19.